The zero-order chi connectivity index (χ0) is 7.42. The number of hydrogen-bond donors (Lipinski definition) is 1. The van der Waals surface area contributed by atoms with Crippen LogP contribution in [0.5, 0.6) is 0 Å². The average molecular weight is 152 g/mol. The molecule has 3 rings (SSSR count). The molecular weight excluding hydrogens is 138 g/mol. The van der Waals surface area contributed by atoms with Crippen molar-refractivity contribution in [3.8, 4) is 0 Å². The van der Waals surface area contributed by atoms with Gasteiger partial charge in [-0.25, -0.2) is 0 Å². The maximum Gasteiger partial charge on any atom is 0.162 e. The second kappa shape index (κ2) is 1.76. The Kier molecular flexibility index (Phi) is 0.957. The molecule has 1 aliphatic heterocycles. The summed E-state index contributed by atoms with van der Waals surface area (Å²) in [7, 11) is 2.10. The Bertz CT molecular complexity index is 223. The van der Waals surface area contributed by atoms with Gasteiger partial charge in [0.15, 0.2) is 12.1 Å². The summed E-state index contributed by atoms with van der Waals surface area (Å²) in [6, 6.07) is 1.42. The van der Waals surface area contributed by atoms with E-state index in [2.05, 4.69) is 22.4 Å². The lowest BCUT2D eigenvalue weighted by atomic mass is 9.91. The van der Waals surface area contributed by atoms with Gasteiger partial charge < -0.3 is 0 Å². The molecule has 2 aliphatic carbocycles. The van der Waals surface area contributed by atoms with Gasteiger partial charge in [-0.1, -0.05) is 0 Å². The fourth-order valence-corrected chi connectivity index (χ4v) is 3.20. The summed E-state index contributed by atoms with van der Waals surface area (Å²) >= 11 is 0. The molecule has 2 saturated carbocycles. The van der Waals surface area contributed by atoms with Crippen molar-refractivity contribution in [2.45, 2.75) is 31.3 Å². The summed E-state index contributed by atoms with van der Waals surface area (Å²) < 4.78 is 2.13. The molecule has 2 fully saturated rings. The lowest BCUT2D eigenvalue weighted by Gasteiger charge is -2.18. The average Bonchev–Trinajstić information content (AvgIpc) is 2.60. The van der Waals surface area contributed by atoms with Crippen LogP contribution in [0.1, 0.15) is 19.3 Å². The largest absolute Gasteiger partial charge is 0.175 e. The van der Waals surface area contributed by atoms with Crippen molar-refractivity contribution in [2.75, 3.05) is 7.05 Å². The molecule has 0 aromatic rings. The molecule has 2 bridgehead atoms. The Morgan fingerprint density at radius 2 is 2.18 bits per heavy atom. The van der Waals surface area contributed by atoms with Crippen LogP contribution in [0.15, 0.2) is 5.22 Å². The Morgan fingerprint density at radius 3 is 3.00 bits per heavy atom. The van der Waals surface area contributed by atoms with Gasteiger partial charge in [0.05, 0.1) is 12.3 Å². The summed E-state index contributed by atoms with van der Waals surface area (Å²) in [6.45, 7) is 0. The predicted octanol–water partition coefficient (Wildman–Crippen LogP) is 0.766. The van der Waals surface area contributed by atoms with Gasteiger partial charge in [0.25, 0.3) is 0 Å². The normalized spacial score (nSPS) is 52.3. The van der Waals surface area contributed by atoms with Crippen LogP contribution >= 0.6 is 0 Å². The molecule has 0 spiro atoms. The van der Waals surface area contributed by atoms with Gasteiger partial charge in [-0.3, -0.25) is 0 Å². The van der Waals surface area contributed by atoms with E-state index in [0.29, 0.717) is 6.04 Å². The summed E-state index contributed by atoms with van der Waals surface area (Å²) in [5.74, 6) is 1.87. The first-order valence-corrected chi connectivity index (χ1v) is 4.55. The molecule has 3 aliphatic rings. The van der Waals surface area contributed by atoms with Crippen LogP contribution in [0.25, 0.3) is 0 Å². The minimum absolute atomic E-state index is 0.693. The number of nitrogens with one attached hydrogen (secondary N) is 1. The van der Waals surface area contributed by atoms with E-state index in [1.807, 2.05) is 0 Å². The molecular formula is C8H14N3+. The molecule has 1 heterocycles. The predicted molar refractivity (Wildman–Crippen MR) is 40.2 cm³/mol. The van der Waals surface area contributed by atoms with E-state index in [-0.39, 0.29) is 0 Å². The summed E-state index contributed by atoms with van der Waals surface area (Å²) in [5, 5.41) is 4.24. The quantitative estimate of drug-likeness (QED) is 0.510. The number of rotatable bonds is 0. The van der Waals surface area contributed by atoms with Crippen molar-refractivity contribution in [3.05, 3.63) is 0 Å². The van der Waals surface area contributed by atoms with Crippen LogP contribution in [-0.4, -0.2) is 23.8 Å². The highest BCUT2D eigenvalue weighted by Gasteiger charge is 2.56. The fraction of sp³-hybridized carbons (Fsp3) is 1.00. The fourth-order valence-electron chi connectivity index (χ4n) is 3.20. The zero-order valence-electron chi connectivity index (χ0n) is 6.83. The highest BCUT2D eigenvalue weighted by molar-refractivity contribution is 5.01. The molecule has 0 amide bonds. The topological polar surface area (TPSA) is 27.4 Å². The number of hydrogen-bond acceptors (Lipinski definition) is 2. The Labute approximate surface area is 66.5 Å². The van der Waals surface area contributed by atoms with Gasteiger partial charge in [-0.05, 0) is 19.3 Å². The standard InChI is InChI=1S/C8H13N3/c1-11-8-6-3-2-5(4-6)7(8)9-10-11/h5-8H,2-4H2,1H3/p+1. The minimum Gasteiger partial charge on any atom is -0.175 e. The van der Waals surface area contributed by atoms with E-state index >= 15 is 0 Å². The number of likely N-dealkylation sites (N-methyl/N-ethyl adjacent to an activating group) is 1. The maximum atomic E-state index is 4.24. The van der Waals surface area contributed by atoms with Crippen LogP contribution in [-0.2, 0) is 0 Å². The molecule has 4 unspecified atom stereocenters. The van der Waals surface area contributed by atoms with E-state index in [1.54, 1.807) is 0 Å². The van der Waals surface area contributed by atoms with Crippen LogP contribution in [0.4, 0.5) is 0 Å². The van der Waals surface area contributed by atoms with Crippen molar-refractivity contribution < 1.29 is 4.70 Å². The third kappa shape index (κ3) is 0.596. The molecule has 60 valence electrons. The highest BCUT2D eigenvalue weighted by Crippen LogP contribution is 2.47. The first-order chi connectivity index (χ1) is 5.36. The Balaban J connectivity index is 1.96. The van der Waals surface area contributed by atoms with Gasteiger partial charge in [0.1, 0.15) is 0 Å². The molecule has 4 atom stereocenters. The summed E-state index contributed by atoms with van der Waals surface area (Å²) in [5.41, 5.74) is 3.25. The van der Waals surface area contributed by atoms with E-state index < -0.39 is 0 Å². The molecule has 3 nitrogen and oxygen atoms in total. The van der Waals surface area contributed by atoms with Gasteiger partial charge in [0.2, 0.25) is 0 Å². The highest BCUT2D eigenvalue weighted by atomic mass is 15.6. The molecule has 0 radical (unpaired) electrons. The van der Waals surface area contributed by atoms with Crippen LogP contribution < -0.4 is 5.43 Å². The third-order valence-electron chi connectivity index (χ3n) is 3.67. The van der Waals surface area contributed by atoms with Crippen LogP contribution in [0.2, 0.25) is 0 Å². The van der Waals surface area contributed by atoms with Gasteiger partial charge in [-0.15, -0.1) is 0 Å². The summed E-state index contributed by atoms with van der Waals surface area (Å²) in [6.07, 6.45) is 4.32. The molecule has 3 heteroatoms. The number of nitrogens with zero attached hydrogens (tertiary/aromatic N) is 2. The Hall–Kier alpha value is -0.600. The second-order valence-corrected chi connectivity index (χ2v) is 4.15. The molecule has 0 aromatic carbocycles. The smallest absolute Gasteiger partial charge is 0.162 e. The Morgan fingerprint density at radius 1 is 1.36 bits per heavy atom. The van der Waals surface area contributed by atoms with E-state index in [9.17, 15) is 0 Å². The minimum atomic E-state index is 0.693. The van der Waals surface area contributed by atoms with Crippen LogP contribution in [0.3, 0.4) is 0 Å². The van der Waals surface area contributed by atoms with Crippen LogP contribution in [0, 0.1) is 11.8 Å². The lowest BCUT2D eigenvalue weighted by molar-refractivity contribution is -0.596. The first kappa shape index (κ1) is 5.98. The first-order valence-electron chi connectivity index (χ1n) is 4.55. The lowest BCUT2D eigenvalue weighted by Crippen LogP contribution is -2.39. The SMILES string of the molecule is C[N+]1=NNC2C3CCC(C3)C21. The van der Waals surface area contributed by atoms with Crippen molar-refractivity contribution >= 4 is 0 Å². The molecule has 1 N–H and O–H groups in total. The van der Waals surface area contributed by atoms with Crippen molar-refractivity contribution in [2.24, 2.45) is 17.1 Å². The second-order valence-electron chi connectivity index (χ2n) is 4.15. The molecule has 0 saturated heterocycles. The monoisotopic (exact) mass is 152 g/mol. The van der Waals surface area contributed by atoms with Gasteiger partial charge >= 0.3 is 0 Å². The van der Waals surface area contributed by atoms with E-state index in [0.717, 1.165) is 17.9 Å². The van der Waals surface area contributed by atoms with Crippen molar-refractivity contribution in [1.82, 2.24) is 5.43 Å². The van der Waals surface area contributed by atoms with Crippen molar-refractivity contribution in [1.29, 1.82) is 0 Å². The van der Waals surface area contributed by atoms with E-state index in [1.165, 1.54) is 19.3 Å². The summed E-state index contributed by atoms with van der Waals surface area (Å²) in [4.78, 5) is 0. The van der Waals surface area contributed by atoms with Crippen molar-refractivity contribution in [3.63, 3.8) is 0 Å². The van der Waals surface area contributed by atoms with Gasteiger partial charge in [-0.2, -0.15) is 10.1 Å². The third-order valence-corrected chi connectivity index (χ3v) is 3.67. The van der Waals surface area contributed by atoms with Gasteiger partial charge in [0, 0.05) is 11.8 Å². The molecule has 11 heavy (non-hydrogen) atoms. The zero-order valence-corrected chi connectivity index (χ0v) is 6.83. The van der Waals surface area contributed by atoms with E-state index in [4.69, 9.17) is 0 Å². The number of fused-ring (bicyclic) bond motifs is 5. The molecule has 0 aromatic heterocycles. The maximum absolute atomic E-state index is 4.24.